The number of fused-ring (bicyclic) bond motifs is 1. The van der Waals surface area contributed by atoms with Gasteiger partial charge in [-0.1, -0.05) is 29.8 Å². The minimum absolute atomic E-state index is 0.312. The van der Waals surface area contributed by atoms with Gasteiger partial charge in [0.1, 0.15) is 23.0 Å². The van der Waals surface area contributed by atoms with E-state index in [0.717, 1.165) is 40.2 Å². The third-order valence-electron chi connectivity index (χ3n) is 5.67. The van der Waals surface area contributed by atoms with Crippen molar-refractivity contribution in [2.45, 2.75) is 49.9 Å². The van der Waals surface area contributed by atoms with Crippen LogP contribution in [0.1, 0.15) is 41.7 Å². The lowest BCUT2D eigenvalue weighted by atomic mass is 9.90. The van der Waals surface area contributed by atoms with E-state index in [2.05, 4.69) is 6.07 Å². The lowest BCUT2D eigenvalue weighted by Crippen LogP contribution is -2.43. The molecule has 162 valence electrons. The summed E-state index contributed by atoms with van der Waals surface area (Å²) in [6.07, 6.45) is 1.59. The summed E-state index contributed by atoms with van der Waals surface area (Å²) >= 11 is 8.12. The topological polar surface area (TPSA) is 68.2 Å². The Morgan fingerprint density at radius 1 is 1.23 bits per heavy atom. The van der Waals surface area contributed by atoms with E-state index in [1.807, 2.05) is 37.4 Å². The smallest absolute Gasteiger partial charge is 0.141 e. The Bertz CT molecular complexity index is 888. The number of benzene rings is 2. The number of hydrogen-bond acceptors (Lipinski definition) is 6. The molecule has 2 aromatic carbocycles. The highest BCUT2D eigenvalue weighted by Crippen LogP contribution is 2.45. The fourth-order valence-electron chi connectivity index (χ4n) is 4.15. The van der Waals surface area contributed by atoms with Crippen molar-refractivity contribution in [3.8, 4) is 11.5 Å². The maximum atomic E-state index is 10.4. The Morgan fingerprint density at radius 3 is 2.70 bits per heavy atom. The molecule has 30 heavy (non-hydrogen) atoms. The molecule has 1 saturated heterocycles. The zero-order valence-corrected chi connectivity index (χ0v) is 18.7. The van der Waals surface area contributed by atoms with Gasteiger partial charge in [-0.15, -0.1) is 11.8 Å². The van der Waals surface area contributed by atoms with Crippen LogP contribution in [0.5, 0.6) is 11.5 Å². The molecule has 2 heterocycles. The largest absolute Gasteiger partial charge is 0.494 e. The number of rotatable bonds is 6. The third kappa shape index (κ3) is 4.30. The van der Waals surface area contributed by atoms with Gasteiger partial charge >= 0.3 is 0 Å². The van der Waals surface area contributed by atoms with Crippen molar-refractivity contribution in [1.82, 2.24) is 0 Å². The van der Waals surface area contributed by atoms with Gasteiger partial charge in [0, 0.05) is 18.4 Å². The summed E-state index contributed by atoms with van der Waals surface area (Å²) in [5, 5.41) is 21.2. The second-order valence-corrected chi connectivity index (χ2v) is 8.94. The van der Waals surface area contributed by atoms with Gasteiger partial charge in [-0.05, 0) is 48.4 Å². The summed E-state index contributed by atoms with van der Waals surface area (Å²) in [5.41, 5.74) is 3.65. The molecule has 1 fully saturated rings. The quantitative estimate of drug-likeness (QED) is 0.689. The number of thioether (sulfide) groups is 1. The zero-order chi connectivity index (χ0) is 21.3. The number of hydrogen-bond donors (Lipinski definition) is 2. The molecule has 2 aliphatic rings. The summed E-state index contributed by atoms with van der Waals surface area (Å²) in [6, 6.07) is 10.1. The molecule has 0 spiro atoms. The molecule has 0 amide bonds. The highest BCUT2D eigenvalue weighted by Gasteiger charge is 2.39. The van der Waals surface area contributed by atoms with E-state index >= 15 is 0 Å². The Kier molecular flexibility index (Phi) is 6.80. The van der Waals surface area contributed by atoms with Gasteiger partial charge in [0.05, 0.1) is 30.4 Å². The molecule has 2 aromatic rings. The second kappa shape index (κ2) is 9.37. The maximum Gasteiger partial charge on any atom is 0.141 e. The summed E-state index contributed by atoms with van der Waals surface area (Å²) in [7, 11) is 0. The predicted molar refractivity (Wildman–Crippen MR) is 119 cm³/mol. The van der Waals surface area contributed by atoms with E-state index in [4.69, 9.17) is 25.8 Å². The molecule has 2 aliphatic heterocycles. The maximum absolute atomic E-state index is 10.4. The van der Waals surface area contributed by atoms with Gasteiger partial charge in [0.2, 0.25) is 0 Å². The summed E-state index contributed by atoms with van der Waals surface area (Å²) in [5.74, 6) is 1.57. The van der Waals surface area contributed by atoms with E-state index in [1.165, 1.54) is 11.8 Å². The first-order valence-electron chi connectivity index (χ1n) is 10.2. The molecular formula is C23H27ClO5S. The van der Waals surface area contributed by atoms with Crippen molar-refractivity contribution in [2.24, 2.45) is 0 Å². The van der Waals surface area contributed by atoms with E-state index in [0.29, 0.717) is 31.1 Å². The molecule has 0 radical (unpaired) electrons. The fraction of sp³-hybridized carbons (Fsp3) is 0.478. The first-order valence-corrected chi connectivity index (χ1v) is 11.9. The van der Waals surface area contributed by atoms with Crippen molar-refractivity contribution >= 4 is 23.4 Å². The molecule has 0 aromatic heterocycles. The molecule has 2 N–H and O–H groups in total. The minimum atomic E-state index is -0.892. The Labute approximate surface area is 186 Å². The van der Waals surface area contributed by atoms with Crippen LogP contribution in [0.3, 0.4) is 0 Å². The SMILES string of the molecule is CCOc1ccc(Cc2cc(C3CC(O)[C@H](O)C(SC)O3)c3c(c2Cl)OCC3)cc1. The van der Waals surface area contributed by atoms with E-state index < -0.39 is 17.6 Å². The fourth-order valence-corrected chi connectivity index (χ4v) is 5.15. The van der Waals surface area contributed by atoms with Crippen molar-refractivity contribution < 1.29 is 24.4 Å². The van der Waals surface area contributed by atoms with Crippen LogP contribution in [0.25, 0.3) is 0 Å². The van der Waals surface area contributed by atoms with Gasteiger partial charge in [-0.2, -0.15) is 0 Å². The molecule has 0 saturated carbocycles. The Hall–Kier alpha value is -1.44. The molecule has 7 heteroatoms. The standard InChI is InChI=1S/C23H27ClO5S/c1-3-27-15-6-4-13(5-7-15)10-14-11-17(16-8-9-28-22(16)20(14)24)19-12-18(25)21(26)23(29-19)30-2/h4-7,11,18-19,21,23,25-26H,3,8-10,12H2,1-2H3/t18?,19?,21-,23?/m0/s1. The van der Waals surface area contributed by atoms with Crippen molar-refractivity contribution in [1.29, 1.82) is 0 Å². The Morgan fingerprint density at radius 2 is 2.00 bits per heavy atom. The first-order chi connectivity index (χ1) is 14.5. The van der Waals surface area contributed by atoms with Crippen LogP contribution < -0.4 is 9.47 Å². The van der Waals surface area contributed by atoms with Crippen LogP contribution in [-0.2, 0) is 17.6 Å². The average Bonchev–Trinajstić information content (AvgIpc) is 3.24. The van der Waals surface area contributed by atoms with Crippen LogP contribution in [0.4, 0.5) is 0 Å². The van der Waals surface area contributed by atoms with E-state index in [-0.39, 0.29) is 6.10 Å². The minimum Gasteiger partial charge on any atom is -0.494 e. The molecule has 0 bridgehead atoms. The second-order valence-electron chi connectivity index (χ2n) is 7.62. The van der Waals surface area contributed by atoms with Crippen LogP contribution in [0, 0.1) is 0 Å². The normalized spacial score (nSPS) is 25.6. The average molecular weight is 451 g/mol. The van der Waals surface area contributed by atoms with Crippen LogP contribution in [-0.4, -0.2) is 47.3 Å². The number of halogens is 1. The van der Waals surface area contributed by atoms with Crippen molar-refractivity contribution in [3.63, 3.8) is 0 Å². The predicted octanol–water partition coefficient (Wildman–Crippen LogP) is 4.14. The van der Waals surface area contributed by atoms with Crippen LogP contribution in [0.2, 0.25) is 5.02 Å². The highest BCUT2D eigenvalue weighted by molar-refractivity contribution is 7.99. The van der Waals surface area contributed by atoms with Gasteiger partial charge in [-0.25, -0.2) is 0 Å². The molecular weight excluding hydrogens is 424 g/mol. The Balaban J connectivity index is 1.66. The van der Waals surface area contributed by atoms with Gasteiger partial charge in [0.25, 0.3) is 0 Å². The van der Waals surface area contributed by atoms with Crippen LogP contribution >= 0.6 is 23.4 Å². The summed E-state index contributed by atoms with van der Waals surface area (Å²) < 4.78 is 17.5. The molecule has 0 aliphatic carbocycles. The highest BCUT2D eigenvalue weighted by atomic mass is 35.5. The van der Waals surface area contributed by atoms with Gasteiger partial charge < -0.3 is 24.4 Å². The molecule has 3 unspecified atom stereocenters. The van der Waals surface area contributed by atoms with E-state index in [1.54, 1.807) is 0 Å². The van der Waals surface area contributed by atoms with Crippen molar-refractivity contribution in [2.75, 3.05) is 19.5 Å². The lowest BCUT2D eigenvalue weighted by Gasteiger charge is -2.37. The van der Waals surface area contributed by atoms with Crippen molar-refractivity contribution in [3.05, 3.63) is 57.6 Å². The molecule has 4 atom stereocenters. The zero-order valence-electron chi connectivity index (χ0n) is 17.1. The third-order valence-corrected chi connectivity index (χ3v) is 6.94. The number of ether oxygens (including phenoxy) is 3. The lowest BCUT2D eigenvalue weighted by molar-refractivity contribution is -0.137. The monoisotopic (exact) mass is 450 g/mol. The first kappa shape index (κ1) is 21.8. The van der Waals surface area contributed by atoms with Gasteiger partial charge in [-0.3, -0.25) is 0 Å². The van der Waals surface area contributed by atoms with Crippen LogP contribution in [0.15, 0.2) is 30.3 Å². The molecule has 4 rings (SSSR count). The summed E-state index contributed by atoms with van der Waals surface area (Å²) in [6.45, 7) is 3.18. The summed E-state index contributed by atoms with van der Waals surface area (Å²) in [4.78, 5) is 0. The number of aliphatic hydroxyl groups is 2. The molecule has 5 nitrogen and oxygen atoms in total. The van der Waals surface area contributed by atoms with Gasteiger partial charge in [0.15, 0.2) is 0 Å². The van der Waals surface area contributed by atoms with E-state index in [9.17, 15) is 10.2 Å². The number of aliphatic hydroxyl groups excluding tert-OH is 2.